The first-order chi connectivity index (χ1) is 9.29. The minimum absolute atomic E-state index is 0.880. The monoisotopic (exact) mass is 258 g/mol. The second-order valence-electron chi connectivity index (χ2n) is 5.21. The molecule has 0 saturated carbocycles. The Labute approximate surface area is 114 Å². The standard InChI is InChI=1S/C15H22N4/c1-2-19-11-12(10-18-8-6-17-7-9-18)13-4-3-5-14(16)15(13)19/h3-5,11,17H,2,6-10,16H2,1H3. The van der Waals surface area contributed by atoms with Gasteiger partial charge in [-0.1, -0.05) is 12.1 Å². The minimum Gasteiger partial charge on any atom is -0.397 e. The van der Waals surface area contributed by atoms with Crippen LogP contribution >= 0.6 is 0 Å². The highest BCUT2D eigenvalue weighted by Crippen LogP contribution is 2.27. The van der Waals surface area contributed by atoms with Crippen molar-refractivity contribution in [2.45, 2.75) is 20.0 Å². The van der Waals surface area contributed by atoms with E-state index in [1.54, 1.807) is 0 Å². The number of aryl methyl sites for hydroxylation is 1. The number of rotatable bonds is 3. The maximum absolute atomic E-state index is 6.13. The maximum atomic E-state index is 6.13. The number of benzene rings is 1. The van der Waals surface area contributed by atoms with Gasteiger partial charge in [0.2, 0.25) is 0 Å². The average molecular weight is 258 g/mol. The van der Waals surface area contributed by atoms with Gasteiger partial charge in [0, 0.05) is 50.9 Å². The predicted octanol–water partition coefficient (Wildman–Crippen LogP) is 1.65. The summed E-state index contributed by atoms with van der Waals surface area (Å²) >= 11 is 0. The molecule has 0 bridgehead atoms. The third-order valence-corrected chi connectivity index (χ3v) is 3.96. The van der Waals surface area contributed by atoms with Crippen molar-refractivity contribution in [3.05, 3.63) is 30.0 Å². The smallest absolute Gasteiger partial charge is 0.0717 e. The Hall–Kier alpha value is -1.52. The predicted molar refractivity (Wildman–Crippen MR) is 80.2 cm³/mol. The molecule has 1 aromatic heterocycles. The molecular weight excluding hydrogens is 236 g/mol. The van der Waals surface area contributed by atoms with Gasteiger partial charge in [0.15, 0.2) is 0 Å². The van der Waals surface area contributed by atoms with E-state index in [2.05, 4.69) is 40.0 Å². The SMILES string of the molecule is CCn1cc(CN2CCNCC2)c2cccc(N)c21. The molecule has 3 rings (SSSR count). The number of nitrogen functional groups attached to an aromatic ring is 1. The number of nitrogens with two attached hydrogens (primary N) is 1. The number of nitrogens with zero attached hydrogens (tertiary/aromatic N) is 2. The molecule has 0 amide bonds. The van der Waals surface area contributed by atoms with Crippen molar-refractivity contribution in [2.75, 3.05) is 31.9 Å². The van der Waals surface area contributed by atoms with Crippen LogP contribution in [0.25, 0.3) is 10.9 Å². The lowest BCUT2D eigenvalue weighted by Gasteiger charge is -2.26. The lowest BCUT2D eigenvalue weighted by Crippen LogP contribution is -2.42. The summed E-state index contributed by atoms with van der Waals surface area (Å²) in [5.41, 5.74) is 9.60. The molecule has 2 aromatic rings. The normalized spacial score (nSPS) is 17.1. The summed E-state index contributed by atoms with van der Waals surface area (Å²) < 4.78 is 2.27. The van der Waals surface area contributed by atoms with Gasteiger partial charge in [0.1, 0.15) is 0 Å². The van der Waals surface area contributed by atoms with Crippen molar-refractivity contribution in [1.82, 2.24) is 14.8 Å². The fourth-order valence-electron chi connectivity index (χ4n) is 2.95. The zero-order valence-electron chi connectivity index (χ0n) is 11.5. The van der Waals surface area contributed by atoms with Crippen molar-refractivity contribution >= 4 is 16.6 Å². The van der Waals surface area contributed by atoms with E-state index in [1.807, 2.05) is 6.07 Å². The minimum atomic E-state index is 0.880. The second-order valence-corrected chi connectivity index (χ2v) is 5.21. The molecule has 4 heteroatoms. The number of hydrogen-bond donors (Lipinski definition) is 2. The Morgan fingerprint density at radius 3 is 2.79 bits per heavy atom. The fraction of sp³-hybridized carbons (Fsp3) is 0.467. The van der Waals surface area contributed by atoms with Crippen LogP contribution in [0, 0.1) is 0 Å². The zero-order chi connectivity index (χ0) is 13.2. The van der Waals surface area contributed by atoms with Gasteiger partial charge in [-0.05, 0) is 18.6 Å². The maximum Gasteiger partial charge on any atom is 0.0717 e. The molecule has 1 fully saturated rings. The highest BCUT2D eigenvalue weighted by molar-refractivity contribution is 5.93. The summed E-state index contributed by atoms with van der Waals surface area (Å²) in [7, 11) is 0. The van der Waals surface area contributed by atoms with E-state index in [1.165, 1.54) is 16.5 Å². The number of anilines is 1. The second kappa shape index (κ2) is 5.23. The molecule has 3 N–H and O–H groups in total. The number of fused-ring (bicyclic) bond motifs is 1. The molecule has 1 aliphatic rings. The van der Waals surface area contributed by atoms with Crippen LogP contribution in [0.1, 0.15) is 12.5 Å². The van der Waals surface area contributed by atoms with Crippen molar-refractivity contribution in [1.29, 1.82) is 0 Å². The van der Waals surface area contributed by atoms with Gasteiger partial charge in [-0.25, -0.2) is 0 Å². The van der Waals surface area contributed by atoms with Gasteiger partial charge < -0.3 is 15.6 Å². The number of hydrogen-bond acceptors (Lipinski definition) is 3. The van der Waals surface area contributed by atoms with Gasteiger partial charge in [-0.15, -0.1) is 0 Å². The Bertz CT molecular complexity index is 567. The Balaban J connectivity index is 1.96. The topological polar surface area (TPSA) is 46.2 Å². The third-order valence-electron chi connectivity index (χ3n) is 3.96. The Kier molecular flexibility index (Phi) is 3.44. The molecule has 0 atom stereocenters. The number of para-hydroxylation sites is 1. The van der Waals surface area contributed by atoms with Gasteiger partial charge in [-0.2, -0.15) is 0 Å². The lowest BCUT2D eigenvalue weighted by molar-refractivity contribution is 0.234. The highest BCUT2D eigenvalue weighted by Gasteiger charge is 2.15. The molecule has 0 spiro atoms. The Morgan fingerprint density at radius 1 is 1.26 bits per heavy atom. The molecule has 2 heterocycles. The first-order valence-electron chi connectivity index (χ1n) is 7.09. The number of piperazine rings is 1. The van der Waals surface area contributed by atoms with E-state index in [0.29, 0.717) is 0 Å². The van der Waals surface area contributed by atoms with E-state index in [-0.39, 0.29) is 0 Å². The number of nitrogens with one attached hydrogen (secondary N) is 1. The van der Waals surface area contributed by atoms with Crippen molar-refractivity contribution in [3.63, 3.8) is 0 Å². The summed E-state index contributed by atoms with van der Waals surface area (Å²) in [6.07, 6.45) is 2.27. The molecule has 19 heavy (non-hydrogen) atoms. The molecule has 0 unspecified atom stereocenters. The van der Waals surface area contributed by atoms with Crippen LogP contribution in [0.4, 0.5) is 5.69 Å². The van der Waals surface area contributed by atoms with Crippen LogP contribution in [-0.2, 0) is 13.1 Å². The van der Waals surface area contributed by atoms with E-state index in [9.17, 15) is 0 Å². The quantitative estimate of drug-likeness (QED) is 0.823. The average Bonchev–Trinajstić information content (AvgIpc) is 2.80. The largest absolute Gasteiger partial charge is 0.397 e. The zero-order valence-corrected chi connectivity index (χ0v) is 11.5. The Morgan fingerprint density at radius 2 is 2.05 bits per heavy atom. The summed E-state index contributed by atoms with van der Waals surface area (Å²) in [5, 5.41) is 4.70. The summed E-state index contributed by atoms with van der Waals surface area (Å²) in [4.78, 5) is 2.51. The fourth-order valence-corrected chi connectivity index (χ4v) is 2.95. The van der Waals surface area contributed by atoms with Crippen LogP contribution < -0.4 is 11.1 Å². The van der Waals surface area contributed by atoms with Crippen molar-refractivity contribution < 1.29 is 0 Å². The molecule has 1 aliphatic heterocycles. The third kappa shape index (κ3) is 2.33. The molecule has 4 nitrogen and oxygen atoms in total. The molecule has 0 radical (unpaired) electrons. The van der Waals surface area contributed by atoms with E-state index >= 15 is 0 Å². The highest BCUT2D eigenvalue weighted by atomic mass is 15.2. The van der Waals surface area contributed by atoms with Crippen LogP contribution in [-0.4, -0.2) is 35.6 Å². The van der Waals surface area contributed by atoms with E-state index in [4.69, 9.17) is 5.73 Å². The van der Waals surface area contributed by atoms with Gasteiger partial charge in [-0.3, -0.25) is 4.90 Å². The molecule has 1 saturated heterocycles. The molecule has 102 valence electrons. The van der Waals surface area contributed by atoms with Gasteiger partial charge in [0.25, 0.3) is 0 Å². The molecule has 1 aromatic carbocycles. The summed E-state index contributed by atoms with van der Waals surface area (Å²) in [6, 6.07) is 6.23. The molecule has 0 aliphatic carbocycles. The van der Waals surface area contributed by atoms with Crippen molar-refractivity contribution in [2.24, 2.45) is 0 Å². The first-order valence-corrected chi connectivity index (χ1v) is 7.09. The van der Waals surface area contributed by atoms with Gasteiger partial charge in [0.05, 0.1) is 11.2 Å². The molecular formula is C15H22N4. The van der Waals surface area contributed by atoms with E-state index < -0.39 is 0 Å². The summed E-state index contributed by atoms with van der Waals surface area (Å²) in [6.45, 7) is 8.59. The van der Waals surface area contributed by atoms with Crippen molar-refractivity contribution in [3.8, 4) is 0 Å². The summed E-state index contributed by atoms with van der Waals surface area (Å²) in [5.74, 6) is 0. The van der Waals surface area contributed by atoms with Crippen LogP contribution in [0.15, 0.2) is 24.4 Å². The van der Waals surface area contributed by atoms with E-state index in [0.717, 1.165) is 45.0 Å². The van der Waals surface area contributed by atoms with Gasteiger partial charge >= 0.3 is 0 Å². The lowest BCUT2D eigenvalue weighted by atomic mass is 10.1. The van der Waals surface area contributed by atoms with Crippen LogP contribution in [0.2, 0.25) is 0 Å². The van der Waals surface area contributed by atoms with Crippen LogP contribution in [0.5, 0.6) is 0 Å². The van der Waals surface area contributed by atoms with Crippen LogP contribution in [0.3, 0.4) is 0 Å². The number of aromatic nitrogens is 1. The first kappa shape index (κ1) is 12.5.